The van der Waals surface area contributed by atoms with Gasteiger partial charge in [0.1, 0.15) is 0 Å². The molecule has 6 rings (SSSR count). The number of aromatic nitrogens is 4. The Hall–Kier alpha value is -3.91. The Morgan fingerprint density at radius 3 is 2.63 bits per heavy atom. The molecule has 3 aromatic carbocycles. The molecule has 1 aliphatic carbocycles. The van der Waals surface area contributed by atoms with Gasteiger partial charge in [0.2, 0.25) is 11.7 Å². The van der Waals surface area contributed by atoms with Gasteiger partial charge in [0, 0.05) is 5.69 Å². The summed E-state index contributed by atoms with van der Waals surface area (Å²) in [5.41, 5.74) is 5.13. The van der Waals surface area contributed by atoms with Crippen LogP contribution in [0, 0.1) is 0 Å². The van der Waals surface area contributed by atoms with E-state index in [9.17, 15) is 9.59 Å². The number of amides is 1. The number of rotatable bonds is 6. The van der Waals surface area contributed by atoms with Crippen molar-refractivity contribution in [1.82, 2.24) is 19.2 Å². The Bertz CT molecular complexity index is 1620. The molecule has 7 nitrogen and oxygen atoms in total. The molecule has 8 heteroatoms. The molecule has 5 aromatic rings. The van der Waals surface area contributed by atoms with Gasteiger partial charge in [0.25, 0.3) is 5.56 Å². The van der Waals surface area contributed by atoms with E-state index in [2.05, 4.69) is 27.6 Å². The third-order valence-electron chi connectivity index (χ3n) is 6.38. The SMILES string of the molecule is O=C(CSc1nnc2n(Cc3ccccc3)c(=O)c3ccccc3n12)Nc1ccc2c(c1)CCC2. The number of aryl methyl sites for hydroxylation is 2. The third kappa shape index (κ3) is 4.10. The lowest BCUT2D eigenvalue weighted by atomic mass is 10.1. The lowest BCUT2D eigenvalue weighted by Crippen LogP contribution is -2.24. The van der Waals surface area contributed by atoms with Crippen molar-refractivity contribution in [2.45, 2.75) is 31.0 Å². The van der Waals surface area contributed by atoms with Crippen molar-refractivity contribution in [2.24, 2.45) is 0 Å². The molecule has 1 amide bonds. The molecule has 0 radical (unpaired) electrons. The van der Waals surface area contributed by atoms with Crippen molar-refractivity contribution in [3.05, 3.63) is 99.8 Å². The minimum absolute atomic E-state index is 0.105. The average Bonchev–Trinajstić information content (AvgIpc) is 3.53. The van der Waals surface area contributed by atoms with Crippen LogP contribution in [0.5, 0.6) is 0 Å². The third-order valence-corrected chi connectivity index (χ3v) is 7.31. The van der Waals surface area contributed by atoms with Crippen LogP contribution in [0.1, 0.15) is 23.1 Å². The fourth-order valence-electron chi connectivity index (χ4n) is 4.71. The Kier molecular flexibility index (Phi) is 5.58. The normalized spacial score (nSPS) is 12.8. The fraction of sp³-hybridized carbons (Fsp3) is 0.185. The first-order valence-electron chi connectivity index (χ1n) is 11.6. The van der Waals surface area contributed by atoms with Gasteiger partial charge in [0.05, 0.1) is 23.2 Å². The van der Waals surface area contributed by atoms with Crippen LogP contribution in [-0.2, 0) is 24.2 Å². The van der Waals surface area contributed by atoms with E-state index in [1.54, 1.807) is 4.57 Å². The van der Waals surface area contributed by atoms with E-state index in [-0.39, 0.29) is 17.2 Å². The number of benzene rings is 3. The van der Waals surface area contributed by atoms with Gasteiger partial charge in [-0.3, -0.25) is 18.6 Å². The minimum atomic E-state index is -0.116. The predicted octanol–water partition coefficient (Wildman–Crippen LogP) is 4.31. The van der Waals surface area contributed by atoms with Gasteiger partial charge < -0.3 is 5.32 Å². The number of hydrogen-bond acceptors (Lipinski definition) is 5. The van der Waals surface area contributed by atoms with Crippen LogP contribution in [0.4, 0.5) is 5.69 Å². The predicted molar refractivity (Wildman–Crippen MR) is 138 cm³/mol. The van der Waals surface area contributed by atoms with Gasteiger partial charge >= 0.3 is 0 Å². The molecule has 2 aromatic heterocycles. The van der Waals surface area contributed by atoms with E-state index in [1.165, 1.54) is 29.3 Å². The monoisotopic (exact) mass is 481 g/mol. The average molecular weight is 482 g/mol. The van der Waals surface area contributed by atoms with Gasteiger partial charge in [-0.15, -0.1) is 10.2 Å². The zero-order valence-corrected chi connectivity index (χ0v) is 19.8. The summed E-state index contributed by atoms with van der Waals surface area (Å²) in [6.45, 7) is 0.385. The Labute approximate surface area is 205 Å². The molecule has 0 spiro atoms. The molecule has 1 N–H and O–H groups in total. The van der Waals surface area contributed by atoms with Gasteiger partial charge in [-0.25, -0.2) is 0 Å². The fourth-order valence-corrected chi connectivity index (χ4v) is 5.45. The summed E-state index contributed by atoms with van der Waals surface area (Å²) in [5.74, 6) is 0.537. The van der Waals surface area contributed by atoms with Crippen molar-refractivity contribution < 1.29 is 4.79 Å². The van der Waals surface area contributed by atoms with Crippen molar-refractivity contribution >= 4 is 40.0 Å². The van der Waals surface area contributed by atoms with E-state index >= 15 is 0 Å². The molecule has 0 fully saturated rings. The number of para-hydroxylation sites is 1. The molecule has 0 unspecified atom stereocenters. The molecule has 2 heterocycles. The number of fused-ring (bicyclic) bond motifs is 4. The van der Waals surface area contributed by atoms with Crippen LogP contribution in [0.25, 0.3) is 16.7 Å². The summed E-state index contributed by atoms with van der Waals surface area (Å²) in [6, 6.07) is 23.4. The van der Waals surface area contributed by atoms with Gasteiger partial charge in [0.15, 0.2) is 5.16 Å². The van der Waals surface area contributed by atoms with E-state index in [1.807, 2.05) is 65.1 Å². The quantitative estimate of drug-likeness (QED) is 0.366. The maximum atomic E-state index is 13.3. The highest BCUT2D eigenvalue weighted by molar-refractivity contribution is 7.99. The zero-order chi connectivity index (χ0) is 23.8. The molecule has 0 saturated carbocycles. The standard InChI is InChI=1S/C27H23N5O2S/c33-24(28-21-14-13-19-9-6-10-20(19)15-21)17-35-27-30-29-26-31(16-18-7-2-1-3-8-18)25(34)22-11-4-5-12-23(22)32(26)27/h1-5,7-8,11-15H,6,9-10,16-17H2,(H,28,33). The Morgan fingerprint density at radius 2 is 1.74 bits per heavy atom. The number of thioether (sulfide) groups is 1. The second-order valence-electron chi connectivity index (χ2n) is 8.69. The largest absolute Gasteiger partial charge is 0.325 e. The van der Waals surface area contributed by atoms with Crippen molar-refractivity contribution in [3.63, 3.8) is 0 Å². The van der Waals surface area contributed by atoms with Gasteiger partial charge in [-0.05, 0) is 60.2 Å². The first kappa shape index (κ1) is 21.6. The van der Waals surface area contributed by atoms with Crippen LogP contribution in [0.2, 0.25) is 0 Å². The molecular formula is C27H23N5O2S. The molecule has 35 heavy (non-hydrogen) atoms. The smallest absolute Gasteiger partial charge is 0.263 e. The van der Waals surface area contributed by atoms with Crippen molar-refractivity contribution in [3.8, 4) is 0 Å². The molecular weight excluding hydrogens is 458 g/mol. The molecule has 0 atom stereocenters. The maximum Gasteiger partial charge on any atom is 0.263 e. The number of carbonyl (C=O) groups excluding carboxylic acids is 1. The molecule has 0 saturated heterocycles. The van der Waals surface area contributed by atoms with Crippen molar-refractivity contribution in [1.29, 1.82) is 0 Å². The number of carbonyl (C=O) groups is 1. The second kappa shape index (κ2) is 9.03. The zero-order valence-electron chi connectivity index (χ0n) is 19.0. The molecule has 174 valence electrons. The Balaban J connectivity index is 1.31. The topological polar surface area (TPSA) is 81.3 Å². The van der Waals surface area contributed by atoms with E-state index in [0.29, 0.717) is 22.9 Å². The lowest BCUT2D eigenvalue weighted by Gasteiger charge is -2.11. The summed E-state index contributed by atoms with van der Waals surface area (Å²) in [7, 11) is 0. The summed E-state index contributed by atoms with van der Waals surface area (Å²) in [6.07, 6.45) is 3.35. The highest BCUT2D eigenvalue weighted by Crippen LogP contribution is 2.26. The van der Waals surface area contributed by atoms with E-state index < -0.39 is 0 Å². The highest BCUT2D eigenvalue weighted by atomic mass is 32.2. The second-order valence-corrected chi connectivity index (χ2v) is 9.63. The van der Waals surface area contributed by atoms with Crippen LogP contribution in [0.3, 0.4) is 0 Å². The van der Waals surface area contributed by atoms with Gasteiger partial charge in [-0.2, -0.15) is 0 Å². The van der Waals surface area contributed by atoms with Crippen LogP contribution in [0.15, 0.2) is 82.7 Å². The van der Waals surface area contributed by atoms with Crippen molar-refractivity contribution in [2.75, 3.05) is 11.1 Å². The summed E-state index contributed by atoms with van der Waals surface area (Å²) >= 11 is 1.31. The van der Waals surface area contributed by atoms with Crippen LogP contribution >= 0.6 is 11.8 Å². The lowest BCUT2D eigenvalue weighted by molar-refractivity contribution is -0.113. The van der Waals surface area contributed by atoms with Crippen LogP contribution in [-0.4, -0.2) is 30.8 Å². The molecule has 0 aliphatic heterocycles. The maximum absolute atomic E-state index is 13.3. The summed E-state index contributed by atoms with van der Waals surface area (Å²) in [5, 5.41) is 12.9. The summed E-state index contributed by atoms with van der Waals surface area (Å²) in [4.78, 5) is 26.0. The van der Waals surface area contributed by atoms with Gasteiger partial charge in [-0.1, -0.05) is 60.3 Å². The first-order valence-corrected chi connectivity index (χ1v) is 12.6. The van der Waals surface area contributed by atoms with E-state index in [0.717, 1.165) is 29.6 Å². The summed E-state index contributed by atoms with van der Waals surface area (Å²) < 4.78 is 3.51. The first-order chi connectivity index (χ1) is 17.2. The number of nitrogens with one attached hydrogen (secondary N) is 1. The minimum Gasteiger partial charge on any atom is -0.325 e. The highest BCUT2D eigenvalue weighted by Gasteiger charge is 2.18. The number of nitrogens with zero attached hydrogens (tertiary/aromatic N) is 4. The Morgan fingerprint density at radius 1 is 0.943 bits per heavy atom. The van der Waals surface area contributed by atoms with Crippen LogP contribution < -0.4 is 10.9 Å². The van der Waals surface area contributed by atoms with E-state index in [4.69, 9.17) is 0 Å². The number of anilines is 1. The molecule has 0 bridgehead atoms. The molecule has 1 aliphatic rings. The number of hydrogen-bond donors (Lipinski definition) is 1.